The molecular weight excluding hydrogens is 550 g/mol. The first kappa shape index (κ1) is 24.6. The van der Waals surface area contributed by atoms with Gasteiger partial charge in [-0.2, -0.15) is 0 Å². The highest BCUT2D eigenvalue weighted by molar-refractivity contribution is 7.67. The van der Waals surface area contributed by atoms with E-state index < -0.39 is 18.0 Å². The molecule has 0 amide bonds. The Hall–Kier alpha value is 2.56. The normalized spacial score (nSPS) is 18.6. The van der Waals surface area contributed by atoms with Crippen LogP contribution < -0.4 is 15.4 Å². The number of hydrogen-bond acceptors (Lipinski definition) is 3. The summed E-state index contributed by atoms with van der Waals surface area (Å²) in [4.78, 5) is 0. The Kier molecular flexibility index (Phi) is 10.6. The average Bonchev–Trinajstić information content (AvgIpc) is 2.38. The monoisotopic (exact) mass is 555 g/mol. The molecule has 18 heteroatoms. The highest BCUT2D eigenvalue weighted by Gasteiger charge is 2.34. The highest BCUT2D eigenvalue weighted by Crippen LogP contribution is 2.22. The van der Waals surface area contributed by atoms with Crippen molar-refractivity contribution in [2.45, 2.75) is 0 Å². The van der Waals surface area contributed by atoms with Gasteiger partial charge in [-0.15, -0.1) is 99.7 Å². The fourth-order valence-corrected chi connectivity index (χ4v) is 4.87. The van der Waals surface area contributed by atoms with Crippen molar-refractivity contribution in [2.75, 3.05) is 0 Å². The van der Waals surface area contributed by atoms with E-state index in [0.29, 0.717) is 0 Å². The van der Waals surface area contributed by atoms with Gasteiger partial charge in [-0.05, 0) is 0 Å². The second-order valence-corrected chi connectivity index (χ2v) is 30.2. The Bertz CT molecular complexity index is 428. The van der Waals surface area contributed by atoms with Gasteiger partial charge < -0.3 is 15.4 Å². The van der Waals surface area contributed by atoms with E-state index in [1.165, 1.54) is 0 Å². The van der Waals surface area contributed by atoms with E-state index in [0.717, 1.165) is 0 Å². The quantitative estimate of drug-likeness (QED) is 0.339. The molecule has 1 heterocycles. The first-order chi connectivity index (χ1) is 10.7. The molecule has 0 spiro atoms. The van der Waals surface area contributed by atoms with Gasteiger partial charge in [0.1, 0.15) is 0 Å². The van der Waals surface area contributed by atoms with Crippen LogP contribution in [0.4, 0.5) is 0 Å². The van der Waals surface area contributed by atoms with Crippen molar-refractivity contribution in [3.05, 3.63) is 35.0 Å². The van der Waals surface area contributed by atoms with Crippen LogP contribution in [0.2, 0.25) is 0 Å². The molecule has 0 atom stereocenters. The van der Waals surface area contributed by atoms with Gasteiger partial charge >= 0.3 is 39.0 Å². The van der Waals surface area contributed by atoms with Crippen LogP contribution in [0.1, 0.15) is 0 Å². The molecule has 0 radical (unpaired) electrons. The number of halogens is 9. The van der Waals surface area contributed by atoms with Crippen LogP contribution in [0.15, 0.2) is 35.0 Å². The highest BCUT2D eigenvalue weighted by atomic mass is 35.9. The van der Waals surface area contributed by atoms with Crippen LogP contribution in [0.5, 0.6) is 0 Å². The molecule has 1 aliphatic rings. The van der Waals surface area contributed by atoms with Crippen molar-refractivity contribution in [1.82, 2.24) is 15.4 Å². The Morgan fingerprint density at radius 3 is 0.833 bits per heavy atom. The number of rotatable bonds is 6. The summed E-state index contributed by atoms with van der Waals surface area (Å²) in [5.74, 6) is 5.17. The Labute approximate surface area is 187 Å². The summed E-state index contributed by atoms with van der Waals surface area (Å²) in [5.41, 5.74) is 4.67. The summed E-state index contributed by atoms with van der Waals surface area (Å²) in [5, 5.41) is 9.60. The minimum absolute atomic E-state index is 0.298. The van der Waals surface area contributed by atoms with E-state index in [4.69, 9.17) is 99.7 Å². The average molecular weight is 559 g/mol. The van der Waals surface area contributed by atoms with Gasteiger partial charge in [-0.1, -0.05) is 35.0 Å². The molecule has 3 nitrogen and oxygen atoms in total. The van der Waals surface area contributed by atoms with E-state index in [-0.39, 0.29) is 20.9 Å². The molecule has 0 aromatic carbocycles. The van der Waals surface area contributed by atoms with Crippen molar-refractivity contribution in [3.8, 4) is 0 Å². The van der Waals surface area contributed by atoms with Gasteiger partial charge in [0.05, 0.1) is 0 Å². The fraction of sp³-hybridized carbons (Fsp3) is 0. The topological polar surface area (TPSA) is 36.1 Å². The summed E-state index contributed by atoms with van der Waals surface area (Å²) in [6.45, 7) is -0.895. The van der Waals surface area contributed by atoms with Gasteiger partial charge in [0.25, 0.3) is 0 Å². The lowest BCUT2D eigenvalue weighted by Gasteiger charge is -2.29. The predicted octanol–water partition coefficient (Wildman–Crippen LogP) is 4.10. The maximum atomic E-state index is 5.86. The molecule has 1 aliphatic heterocycles. The largest absolute Gasteiger partial charge is 0.364 e. The molecule has 1 saturated heterocycles. The van der Waals surface area contributed by atoms with Crippen LogP contribution >= 0.6 is 99.7 Å². The lowest BCUT2D eigenvalue weighted by Crippen LogP contribution is -2.73. The third-order valence-corrected chi connectivity index (χ3v) is 7.62. The molecule has 0 aromatic heterocycles. The smallest absolute Gasteiger partial charge is 0.364 e. The van der Waals surface area contributed by atoms with E-state index >= 15 is 0 Å². The van der Waals surface area contributed by atoms with Gasteiger partial charge in [-0.25, -0.2) is 0 Å². The predicted molar refractivity (Wildman–Crippen MR) is 124 cm³/mol. The van der Waals surface area contributed by atoms with E-state index in [2.05, 4.69) is 15.4 Å². The lowest BCUT2D eigenvalue weighted by molar-refractivity contribution is 1.19. The zero-order valence-electron chi connectivity index (χ0n) is 11.6. The molecule has 0 bridgehead atoms. The number of nitrogens with one attached hydrogen (secondary N) is 3. The van der Waals surface area contributed by atoms with Crippen LogP contribution in [-0.4, -0.2) is 39.0 Å². The maximum absolute atomic E-state index is 5.86. The minimum Gasteiger partial charge on any atom is -0.364 e. The zero-order valence-corrected chi connectivity index (χ0v) is 21.4. The first-order valence-electron chi connectivity index (χ1n) is 6.30. The summed E-state index contributed by atoms with van der Waals surface area (Å²) >= 11 is 52.7. The van der Waals surface area contributed by atoms with Gasteiger partial charge in [0.2, 0.25) is 0 Å². The Balaban J connectivity index is 2.88. The zero-order chi connectivity index (χ0) is 18.6. The van der Waals surface area contributed by atoms with E-state index in [1.807, 2.05) is 0 Å². The SMILES string of the molecule is Cl[Si](Cl)(Cl)C=CB1NB(C=C[Si](Cl)(Cl)Cl)NB(C=C[Si](Cl)(Cl)Cl)N1. The van der Waals surface area contributed by atoms with Gasteiger partial charge in [0.15, 0.2) is 0 Å². The minimum atomic E-state index is -2.90. The molecule has 1 fully saturated rings. The molecular formula is C6H9B3Cl9N3Si3. The second kappa shape index (κ2) is 10.4. The molecule has 0 aliphatic carbocycles. The van der Waals surface area contributed by atoms with Crippen molar-refractivity contribution < 1.29 is 0 Å². The number of hydrogen-bond donors (Lipinski definition) is 3. The molecule has 0 aromatic rings. The van der Waals surface area contributed by atoms with Gasteiger partial charge in [-0.3, -0.25) is 0 Å². The Morgan fingerprint density at radius 2 is 0.667 bits per heavy atom. The molecule has 24 heavy (non-hydrogen) atoms. The molecule has 0 saturated carbocycles. The summed E-state index contributed by atoms with van der Waals surface area (Å²) in [7, 11) is 0. The molecule has 0 unspecified atom stereocenters. The second-order valence-electron chi connectivity index (χ2n) is 4.64. The van der Waals surface area contributed by atoms with E-state index in [1.54, 1.807) is 35.0 Å². The first-order valence-corrected chi connectivity index (χ1v) is 21.6. The lowest BCUT2D eigenvalue weighted by atomic mass is 9.49. The third-order valence-electron chi connectivity index (χ3n) is 2.51. The summed E-state index contributed by atoms with van der Waals surface area (Å²) < 4.78 is 0. The van der Waals surface area contributed by atoms with Crippen molar-refractivity contribution >= 4 is 139 Å². The summed E-state index contributed by atoms with van der Waals surface area (Å²) in [6, 6.07) is -8.69. The van der Waals surface area contributed by atoms with Crippen LogP contribution in [0.3, 0.4) is 0 Å². The van der Waals surface area contributed by atoms with Crippen molar-refractivity contribution in [1.29, 1.82) is 0 Å². The standard InChI is InChI=1S/C6H9B3Cl9N3Si3/c10-22(11,12)4-1-7-19-8(2-5-23(13,14)15)21-9(20-7)3-6-24(16,17)18/h1-6,19-21H. The maximum Gasteiger partial charge on any atom is 0.364 e. The molecule has 132 valence electrons. The van der Waals surface area contributed by atoms with Crippen LogP contribution in [-0.2, 0) is 0 Å². The molecule has 1 rings (SSSR count). The summed E-state index contributed by atoms with van der Waals surface area (Å²) in [6.07, 6.45) is 0. The van der Waals surface area contributed by atoms with Crippen LogP contribution in [0, 0.1) is 0 Å². The molecule has 3 N–H and O–H groups in total. The Morgan fingerprint density at radius 1 is 0.458 bits per heavy atom. The van der Waals surface area contributed by atoms with E-state index in [9.17, 15) is 0 Å². The third kappa shape index (κ3) is 12.9. The van der Waals surface area contributed by atoms with Gasteiger partial charge in [0, 0.05) is 0 Å². The van der Waals surface area contributed by atoms with Crippen molar-refractivity contribution in [2.24, 2.45) is 0 Å². The van der Waals surface area contributed by atoms with Crippen LogP contribution in [0.25, 0.3) is 0 Å². The fourth-order valence-electron chi connectivity index (χ4n) is 1.67. The van der Waals surface area contributed by atoms with Crippen molar-refractivity contribution in [3.63, 3.8) is 0 Å².